The molecular formula is C9H12N2O2. The maximum atomic E-state index is 11.4. The molecular weight excluding hydrogens is 168 g/mol. The average molecular weight is 180 g/mol. The molecule has 0 aliphatic heterocycles. The SMILES string of the molecule is CC1(n2cc[nH]c(=O)c2=O)CCC1. The van der Waals surface area contributed by atoms with Gasteiger partial charge in [0.1, 0.15) is 0 Å². The van der Waals surface area contributed by atoms with E-state index < -0.39 is 11.1 Å². The second kappa shape index (κ2) is 2.58. The minimum atomic E-state index is -0.532. The number of H-pyrrole nitrogens is 1. The highest BCUT2D eigenvalue weighted by Gasteiger charge is 2.34. The van der Waals surface area contributed by atoms with Crippen molar-refractivity contribution in [1.29, 1.82) is 0 Å². The molecule has 0 bridgehead atoms. The van der Waals surface area contributed by atoms with E-state index in [2.05, 4.69) is 4.98 Å². The molecule has 0 aromatic carbocycles. The first-order chi connectivity index (χ1) is 6.13. The van der Waals surface area contributed by atoms with E-state index in [1.165, 1.54) is 6.20 Å². The zero-order chi connectivity index (χ0) is 9.47. The molecule has 1 aromatic heterocycles. The third-order valence-corrected chi connectivity index (χ3v) is 2.86. The Bertz CT molecular complexity index is 426. The average Bonchev–Trinajstić information content (AvgIpc) is 2.06. The van der Waals surface area contributed by atoms with Crippen LogP contribution in [0.15, 0.2) is 22.0 Å². The van der Waals surface area contributed by atoms with E-state index in [4.69, 9.17) is 0 Å². The lowest BCUT2D eigenvalue weighted by atomic mass is 9.78. The molecule has 0 amide bonds. The highest BCUT2D eigenvalue weighted by molar-refractivity contribution is 4.96. The maximum absolute atomic E-state index is 11.4. The van der Waals surface area contributed by atoms with E-state index in [0.29, 0.717) is 0 Å². The lowest BCUT2D eigenvalue weighted by molar-refractivity contribution is 0.162. The van der Waals surface area contributed by atoms with Crippen LogP contribution in [0.2, 0.25) is 0 Å². The predicted molar refractivity (Wildman–Crippen MR) is 48.8 cm³/mol. The van der Waals surface area contributed by atoms with Gasteiger partial charge in [0.2, 0.25) is 0 Å². The third-order valence-electron chi connectivity index (χ3n) is 2.86. The lowest BCUT2D eigenvalue weighted by Crippen LogP contribution is -2.48. The second-order valence-electron chi connectivity index (χ2n) is 3.81. The maximum Gasteiger partial charge on any atom is 0.316 e. The molecule has 1 aliphatic rings. The van der Waals surface area contributed by atoms with Crippen molar-refractivity contribution in [1.82, 2.24) is 9.55 Å². The van der Waals surface area contributed by atoms with Gasteiger partial charge in [-0.05, 0) is 26.2 Å². The molecule has 70 valence electrons. The summed E-state index contributed by atoms with van der Waals surface area (Å²) < 4.78 is 1.55. The van der Waals surface area contributed by atoms with Gasteiger partial charge in [-0.1, -0.05) is 0 Å². The molecule has 1 heterocycles. The first-order valence-electron chi connectivity index (χ1n) is 4.44. The fourth-order valence-corrected chi connectivity index (χ4v) is 1.78. The van der Waals surface area contributed by atoms with Gasteiger partial charge in [-0.3, -0.25) is 9.59 Å². The Morgan fingerprint density at radius 1 is 1.46 bits per heavy atom. The van der Waals surface area contributed by atoms with E-state index in [-0.39, 0.29) is 5.54 Å². The zero-order valence-electron chi connectivity index (χ0n) is 7.54. The highest BCUT2D eigenvalue weighted by Crippen LogP contribution is 2.36. The van der Waals surface area contributed by atoms with Crippen molar-refractivity contribution < 1.29 is 0 Å². The number of aromatic nitrogens is 2. The molecule has 0 radical (unpaired) electrons. The first-order valence-corrected chi connectivity index (χ1v) is 4.44. The molecule has 1 fully saturated rings. The van der Waals surface area contributed by atoms with Crippen molar-refractivity contribution in [3.05, 3.63) is 33.1 Å². The molecule has 4 heteroatoms. The number of hydrogen-bond donors (Lipinski definition) is 1. The van der Waals surface area contributed by atoms with Crippen molar-refractivity contribution in [3.8, 4) is 0 Å². The van der Waals surface area contributed by atoms with Crippen LogP contribution in [0.4, 0.5) is 0 Å². The summed E-state index contributed by atoms with van der Waals surface area (Å²) >= 11 is 0. The predicted octanol–water partition coefficient (Wildman–Crippen LogP) is 0.436. The van der Waals surface area contributed by atoms with E-state index in [1.807, 2.05) is 6.92 Å². The Labute approximate surface area is 75.2 Å². The lowest BCUT2D eigenvalue weighted by Gasteiger charge is -2.39. The van der Waals surface area contributed by atoms with Gasteiger partial charge in [0.15, 0.2) is 0 Å². The highest BCUT2D eigenvalue weighted by atomic mass is 16.2. The van der Waals surface area contributed by atoms with Crippen LogP contribution in [0.25, 0.3) is 0 Å². The van der Waals surface area contributed by atoms with Gasteiger partial charge in [0.05, 0.1) is 0 Å². The summed E-state index contributed by atoms with van der Waals surface area (Å²) in [5.41, 5.74) is -1.09. The first kappa shape index (κ1) is 8.29. The van der Waals surface area contributed by atoms with Crippen molar-refractivity contribution >= 4 is 0 Å². The van der Waals surface area contributed by atoms with E-state index in [9.17, 15) is 9.59 Å². The van der Waals surface area contributed by atoms with E-state index >= 15 is 0 Å². The number of nitrogens with one attached hydrogen (secondary N) is 1. The van der Waals surface area contributed by atoms with Crippen LogP contribution in [-0.4, -0.2) is 9.55 Å². The third kappa shape index (κ3) is 1.13. The smallest absolute Gasteiger partial charge is 0.316 e. The summed E-state index contributed by atoms with van der Waals surface area (Å²) in [7, 11) is 0. The summed E-state index contributed by atoms with van der Waals surface area (Å²) in [4.78, 5) is 24.8. The molecule has 1 aliphatic carbocycles. The fourth-order valence-electron chi connectivity index (χ4n) is 1.78. The Balaban J connectivity index is 2.58. The monoisotopic (exact) mass is 180 g/mol. The van der Waals surface area contributed by atoms with Crippen molar-refractivity contribution in [2.75, 3.05) is 0 Å². The summed E-state index contributed by atoms with van der Waals surface area (Å²) in [6, 6.07) is 0. The quantitative estimate of drug-likeness (QED) is 0.637. The van der Waals surface area contributed by atoms with Crippen LogP contribution < -0.4 is 11.1 Å². The molecule has 1 aromatic rings. The van der Waals surface area contributed by atoms with Crippen LogP contribution in [0.5, 0.6) is 0 Å². The summed E-state index contributed by atoms with van der Waals surface area (Å²) in [5, 5.41) is 0. The molecule has 0 unspecified atom stereocenters. The fraction of sp³-hybridized carbons (Fsp3) is 0.556. The Hall–Kier alpha value is -1.32. The number of nitrogens with zero attached hydrogens (tertiary/aromatic N) is 1. The Kier molecular flexibility index (Phi) is 1.65. The topological polar surface area (TPSA) is 54.9 Å². The van der Waals surface area contributed by atoms with Crippen LogP contribution >= 0.6 is 0 Å². The van der Waals surface area contributed by atoms with Crippen molar-refractivity contribution in [2.45, 2.75) is 31.7 Å². The van der Waals surface area contributed by atoms with E-state index in [0.717, 1.165) is 19.3 Å². The second-order valence-corrected chi connectivity index (χ2v) is 3.81. The van der Waals surface area contributed by atoms with Gasteiger partial charge in [-0.2, -0.15) is 0 Å². The van der Waals surface area contributed by atoms with Gasteiger partial charge in [-0.15, -0.1) is 0 Å². The molecule has 1 saturated carbocycles. The molecule has 2 rings (SSSR count). The van der Waals surface area contributed by atoms with Crippen molar-refractivity contribution in [2.24, 2.45) is 0 Å². The minimum Gasteiger partial charge on any atom is -0.323 e. The van der Waals surface area contributed by atoms with Crippen LogP contribution in [0, 0.1) is 0 Å². The number of hydrogen-bond acceptors (Lipinski definition) is 2. The van der Waals surface area contributed by atoms with Gasteiger partial charge < -0.3 is 9.55 Å². The molecule has 1 N–H and O–H groups in total. The number of rotatable bonds is 1. The molecule has 4 nitrogen and oxygen atoms in total. The van der Waals surface area contributed by atoms with Gasteiger partial charge in [0.25, 0.3) is 0 Å². The van der Waals surface area contributed by atoms with Crippen LogP contribution in [0.1, 0.15) is 26.2 Å². The molecule has 0 spiro atoms. The molecule has 13 heavy (non-hydrogen) atoms. The van der Waals surface area contributed by atoms with E-state index in [1.54, 1.807) is 10.8 Å². The minimum absolute atomic E-state index is 0.120. The zero-order valence-corrected chi connectivity index (χ0v) is 7.54. The normalized spacial score (nSPS) is 19.5. The summed E-state index contributed by atoms with van der Waals surface area (Å²) in [6.07, 6.45) is 6.28. The van der Waals surface area contributed by atoms with Crippen LogP contribution in [-0.2, 0) is 5.54 Å². The molecule has 0 saturated heterocycles. The number of aromatic amines is 1. The largest absolute Gasteiger partial charge is 0.323 e. The molecule has 0 atom stereocenters. The van der Waals surface area contributed by atoms with Gasteiger partial charge in [-0.25, -0.2) is 0 Å². The van der Waals surface area contributed by atoms with Gasteiger partial charge in [0, 0.05) is 17.9 Å². The Morgan fingerprint density at radius 2 is 2.15 bits per heavy atom. The van der Waals surface area contributed by atoms with Crippen LogP contribution in [0.3, 0.4) is 0 Å². The van der Waals surface area contributed by atoms with Crippen molar-refractivity contribution in [3.63, 3.8) is 0 Å². The Morgan fingerprint density at radius 3 is 2.69 bits per heavy atom. The standard InChI is InChI=1S/C9H12N2O2/c1-9(3-2-4-9)11-6-5-10-7(12)8(11)13/h5-6H,2-4H2,1H3,(H,10,12). The summed E-state index contributed by atoms with van der Waals surface area (Å²) in [5.74, 6) is 0. The van der Waals surface area contributed by atoms with Gasteiger partial charge >= 0.3 is 11.1 Å². The summed E-state index contributed by atoms with van der Waals surface area (Å²) in [6.45, 7) is 2.01.